The van der Waals surface area contributed by atoms with Crippen LogP contribution in [0, 0.1) is 0 Å². The molecule has 0 spiro atoms. The highest BCUT2D eigenvalue weighted by Gasteiger charge is 2.04. The lowest BCUT2D eigenvalue weighted by atomic mass is 10.3. The Morgan fingerprint density at radius 3 is 1.38 bits per heavy atom. The summed E-state index contributed by atoms with van der Waals surface area (Å²) in [4.78, 5) is 41.1. The van der Waals surface area contributed by atoms with Gasteiger partial charge in [-0.2, -0.15) is 0 Å². The van der Waals surface area contributed by atoms with E-state index in [0.717, 1.165) is 0 Å². The molecule has 16 heavy (non-hydrogen) atoms. The first-order valence-electron chi connectivity index (χ1n) is 4.09. The van der Waals surface area contributed by atoms with Crippen molar-refractivity contribution >= 4 is 24.5 Å². The van der Waals surface area contributed by atoms with Crippen molar-refractivity contribution < 1.29 is 28.7 Å². The number of hydrogen-bond acceptors (Lipinski definition) is 6. The maximum Gasteiger partial charge on any atom is 0.376 e. The van der Waals surface area contributed by atoms with Crippen molar-refractivity contribution in [3.8, 4) is 11.5 Å². The van der Waals surface area contributed by atoms with Gasteiger partial charge in [0.1, 0.15) is 11.5 Å². The molecule has 1 aromatic carbocycles. The first-order valence-corrected chi connectivity index (χ1v) is 4.09. The molecular weight excluding hydrogens is 216 g/mol. The summed E-state index contributed by atoms with van der Waals surface area (Å²) in [5.74, 6) is -1.80. The molecule has 0 fully saturated rings. The second-order valence-corrected chi connectivity index (χ2v) is 2.55. The molecule has 6 nitrogen and oxygen atoms in total. The van der Waals surface area contributed by atoms with Gasteiger partial charge in [-0.25, -0.2) is 9.59 Å². The summed E-state index contributed by atoms with van der Waals surface area (Å²) in [5.41, 5.74) is 0. The zero-order valence-corrected chi connectivity index (χ0v) is 7.91. The molecule has 0 aliphatic rings. The highest BCUT2D eigenvalue weighted by molar-refractivity contribution is 6.21. The summed E-state index contributed by atoms with van der Waals surface area (Å²) in [5, 5.41) is 0. The minimum absolute atomic E-state index is 0.0281. The Kier molecular flexibility index (Phi) is 3.90. The lowest BCUT2D eigenvalue weighted by Gasteiger charge is -2.02. The number of benzene rings is 1. The number of carbonyl (C=O) groups excluding carboxylic acids is 4. The molecule has 0 aliphatic carbocycles. The largest absolute Gasteiger partial charge is 0.421 e. The second kappa shape index (κ2) is 5.40. The standard InChI is InChI=1S/C10H6O6/c11-5-9(13)15-7-1-2-8(4-3-7)16-10(14)6-12/h1-6H. The van der Waals surface area contributed by atoms with Gasteiger partial charge in [-0.3, -0.25) is 9.59 Å². The van der Waals surface area contributed by atoms with Crippen LogP contribution in [0.25, 0.3) is 0 Å². The van der Waals surface area contributed by atoms with Crippen molar-refractivity contribution in [3.05, 3.63) is 24.3 Å². The molecular formula is C10H6O6. The third kappa shape index (κ3) is 3.33. The molecule has 0 saturated carbocycles. The molecule has 6 heteroatoms. The minimum atomic E-state index is -1.03. The van der Waals surface area contributed by atoms with Crippen molar-refractivity contribution in [1.82, 2.24) is 0 Å². The van der Waals surface area contributed by atoms with Crippen LogP contribution in [0.5, 0.6) is 11.5 Å². The maximum atomic E-state index is 10.6. The van der Waals surface area contributed by atoms with E-state index in [-0.39, 0.29) is 24.1 Å². The van der Waals surface area contributed by atoms with E-state index in [4.69, 9.17) is 0 Å². The Hall–Kier alpha value is -2.50. The third-order valence-electron chi connectivity index (χ3n) is 1.45. The molecule has 0 atom stereocenters. The van der Waals surface area contributed by atoms with E-state index in [1.54, 1.807) is 0 Å². The van der Waals surface area contributed by atoms with Crippen LogP contribution >= 0.6 is 0 Å². The van der Waals surface area contributed by atoms with Gasteiger partial charge in [0.25, 0.3) is 0 Å². The van der Waals surface area contributed by atoms with Gasteiger partial charge in [-0.05, 0) is 24.3 Å². The van der Waals surface area contributed by atoms with Crippen LogP contribution < -0.4 is 9.47 Å². The monoisotopic (exact) mass is 222 g/mol. The number of ether oxygens (including phenoxy) is 2. The fourth-order valence-electron chi connectivity index (χ4n) is 0.856. The van der Waals surface area contributed by atoms with Crippen molar-refractivity contribution in [1.29, 1.82) is 0 Å². The molecule has 0 aliphatic heterocycles. The van der Waals surface area contributed by atoms with E-state index in [1.807, 2.05) is 0 Å². The molecule has 0 N–H and O–H groups in total. The van der Waals surface area contributed by atoms with Crippen molar-refractivity contribution in [2.45, 2.75) is 0 Å². The highest BCUT2D eigenvalue weighted by atomic mass is 16.5. The summed E-state index contributed by atoms with van der Waals surface area (Å²) < 4.78 is 9.07. The Morgan fingerprint density at radius 1 is 0.812 bits per heavy atom. The molecule has 0 aromatic heterocycles. The Balaban J connectivity index is 2.67. The van der Waals surface area contributed by atoms with Crippen LogP contribution in [0.1, 0.15) is 0 Å². The first-order chi connectivity index (χ1) is 7.65. The number of rotatable bonds is 4. The molecule has 1 rings (SSSR count). The average molecular weight is 222 g/mol. The first kappa shape index (κ1) is 11.6. The van der Waals surface area contributed by atoms with Crippen LogP contribution in [0.15, 0.2) is 24.3 Å². The van der Waals surface area contributed by atoms with Gasteiger partial charge in [0.05, 0.1) is 0 Å². The second-order valence-electron chi connectivity index (χ2n) is 2.55. The van der Waals surface area contributed by atoms with Crippen molar-refractivity contribution in [3.63, 3.8) is 0 Å². The number of aldehydes is 2. The van der Waals surface area contributed by atoms with Gasteiger partial charge in [0.15, 0.2) is 0 Å². The van der Waals surface area contributed by atoms with E-state index in [0.29, 0.717) is 0 Å². The highest BCUT2D eigenvalue weighted by Crippen LogP contribution is 2.17. The predicted molar refractivity (Wildman–Crippen MR) is 49.8 cm³/mol. The van der Waals surface area contributed by atoms with Crippen LogP contribution in [0.3, 0.4) is 0 Å². The topological polar surface area (TPSA) is 86.7 Å². The molecule has 0 heterocycles. The lowest BCUT2D eigenvalue weighted by molar-refractivity contribution is -0.141. The molecule has 82 valence electrons. The minimum Gasteiger partial charge on any atom is -0.421 e. The molecule has 1 aromatic rings. The Morgan fingerprint density at radius 2 is 1.12 bits per heavy atom. The van der Waals surface area contributed by atoms with Crippen molar-refractivity contribution in [2.24, 2.45) is 0 Å². The Labute approximate surface area is 89.8 Å². The smallest absolute Gasteiger partial charge is 0.376 e. The predicted octanol–water partition coefficient (Wildman–Crippen LogP) is -0.105. The average Bonchev–Trinajstić information content (AvgIpc) is 2.31. The van der Waals surface area contributed by atoms with Crippen LogP contribution in [-0.4, -0.2) is 24.5 Å². The normalized spacial score (nSPS) is 9.00. The van der Waals surface area contributed by atoms with E-state index in [1.165, 1.54) is 24.3 Å². The maximum absolute atomic E-state index is 10.6. The SMILES string of the molecule is O=CC(=O)Oc1ccc(OC(=O)C=O)cc1. The van der Waals surface area contributed by atoms with Gasteiger partial charge in [0, 0.05) is 0 Å². The molecule has 0 bridgehead atoms. The van der Waals surface area contributed by atoms with Gasteiger partial charge in [-0.15, -0.1) is 0 Å². The summed E-state index contributed by atoms with van der Waals surface area (Å²) in [7, 11) is 0. The van der Waals surface area contributed by atoms with E-state index < -0.39 is 11.9 Å². The molecule has 0 radical (unpaired) electrons. The Bertz CT molecular complexity index is 378. The van der Waals surface area contributed by atoms with E-state index in [9.17, 15) is 19.2 Å². The third-order valence-corrected chi connectivity index (χ3v) is 1.45. The van der Waals surface area contributed by atoms with Crippen LogP contribution in [0.2, 0.25) is 0 Å². The van der Waals surface area contributed by atoms with Crippen LogP contribution in [0.4, 0.5) is 0 Å². The van der Waals surface area contributed by atoms with Crippen LogP contribution in [-0.2, 0) is 19.2 Å². The van der Waals surface area contributed by atoms with Gasteiger partial charge < -0.3 is 9.47 Å². The molecule has 0 unspecified atom stereocenters. The van der Waals surface area contributed by atoms with E-state index in [2.05, 4.69) is 9.47 Å². The number of carbonyl (C=O) groups is 4. The molecule has 0 amide bonds. The zero-order valence-electron chi connectivity index (χ0n) is 7.91. The summed E-state index contributed by atoms with van der Waals surface area (Å²) in [6.45, 7) is 0. The fourth-order valence-corrected chi connectivity index (χ4v) is 0.856. The van der Waals surface area contributed by atoms with Gasteiger partial charge in [0.2, 0.25) is 12.6 Å². The molecule has 0 saturated heterocycles. The summed E-state index contributed by atoms with van der Waals surface area (Å²) in [6.07, 6.45) is 0.0562. The fraction of sp³-hybridized carbons (Fsp3) is 0. The van der Waals surface area contributed by atoms with E-state index >= 15 is 0 Å². The summed E-state index contributed by atoms with van der Waals surface area (Å²) >= 11 is 0. The van der Waals surface area contributed by atoms with Crippen molar-refractivity contribution in [2.75, 3.05) is 0 Å². The van der Waals surface area contributed by atoms with Gasteiger partial charge >= 0.3 is 11.9 Å². The zero-order chi connectivity index (χ0) is 12.0. The quantitative estimate of drug-likeness (QED) is 0.306. The lowest BCUT2D eigenvalue weighted by Crippen LogP contribution is -2.09. The number of hydrogen-bond donors (Lipinski definition) is 0. The summed E-state index contributed by atoms with van der Waals surface area (Å²) in [6, 6.07) is 5.26. The number of esters is 2. The van der Waals surface area contributed by atoms with Gasteiger partial charge in [-0.1, -0.05) is 0 Å².